The van der Waals surface area contributed by atoms with Crippen LogP contribution in [-0.4, -0.2) is 48.9 Å². The zero-order chi connectivity index (χ0) is 22.7. The lowest BCUT2D eigenvalue weighted by atomic mass is 10.1. The summed E-state index contributed by atoms with van der Waals surface area (Å²) in [5, 5.41) is 11.6. The Kier molecular flexibility index (Phi) is 6.85. The summed E-state index contributed by atoms with van der Waals surface area (Å²) in [4.78, 5) is 36.4. The number of benzene rings is 2. The molecule has 2 saturated heterocycles. The molecule has 2 aliphatic heterocycles. The monoisotopic (exact) mass is 475 g/mol. The Morgan fingerprint density at radius 1 is 1.19 bits per heavy atom. The minimum absolute atomic E-state index is 0.0750. The highest BCUT2D eigenvalue weighted by Gasteiger charge is 2.44. The van der Waals surface area contributed by atoms with Gasteiger partial charge in [-0.2, -0.15) is 0 Å². The fraction of sp³-hybridized carbons (Fsp3) is 0.286. The van der Waals surface area contributed by atoms with Crippen LogP contribution in [0.4, 0.5) is 11.4 Å². The number of thioether (sulfide) groups is 1. The maximum absolute atomic E-state index is 12.6. The molecule has 4 N–H and O–H groups in total. The molecule has 4 rings (SSSR count). The van der Waals surface area contributed by atoms with Gasteiger partial charge in [0.2, 0.25) is 11.8 Å². The van der Waals surface area contributed by atoms with E-state index in [1.165, 1.54) is 18.9 Å². The number of amides is 2. The first-order valence-corrected chi connectivity index (χ1v) is 11.3. The molecular formula is C21H22ClN5O4S. The van der Waals surface area contributed by atoms with Crippen molar-refractivity contribution in [1.82, 2.24) is 16.1 Å². The summed E-state index contributed by atoms with van der Waals surface area (Å²) in [6.07, 6.45) is -0.253. The average Bonchev–Trinajstić information content (AvgIpc) is 3.23. The van der Waals surface area contributed by atoms with Crippen molar-refractivity contribution in [2.24, 2.45) is 5.92 Å². The van der Waals surface area contributed by atoms with Crippen LogP contribution in [0.25, 0.3) is 0 Å². The smallest absolute Gasteiger partial charge is 0.337 e. The van der Waals surface area contributed by atoms with Crippen molar-refractivity contribution in [2.75, 3.05) is 29.7 Å². The van der Waals surface area contributed by atoms with Crippen molar-refractivity contribution < 1.29 is 19.1 Å². The molecule has 0 saturated carbocycles. The summed E-state index contributed by atoms with van der Waals surface area (Å²) >= 11 is 7.26. The normalized spacial score (nSPS) is 22.1. The second-order valence-electron chi connectivity index (χ2n) is 7.24. The Labute approximate surface area is 194 Å². The van der Waals surface area contributed by atoms with Gasteiger partial charge in [-0.05, 0) is 48.5 Å². The van der Waals surface area contributed by atoms with Crippen LogP contribution in [0.1, 0.15) is 10.4 Å². The van der Waals surface area contributed by atoms with Crippen LogP contribution in [0.15, 0.2) is 48.5 Å². The Morgan fingerprint density at radius 3 is 2.59 bits per heavy atom. The molecule has 2 aromatic rings. The van der Waals surface area contributed by atoms with Gasteiger partial charge in [-0.25, -0.2) is 10.2 Å². The highest BCUT2D eigenvalue weighted by Crippen LogP contribution is 2.27. The number of hydrazine groups is 1. The molecule has 2 amide bonds. The maximum atomic E-state index is 12.6. The zero-order valence-electron chi connectivity index (χ0n) is 17.1. The number of nitrogens with one attached hydrogen (secondary N) is 4. The lowest BCUT2D eigenvalue weighted by Crippen LogP contribution is -2.63. The van der Waals surface area contributed by atoms with Crippen LogP contribution in [0.5, 0.6) is 0 Å². The molecule has 2 heterocycles. The molecule has 3 atom stereocenters. The van der Waals surface area contributed by atoms with E-state index < -0.39 is 11.5 Å². The van der Waals surface area contributed by atoms with E-state index in [9.17, 15) is 14.4 Å². The predicted octanol–water partition coefficient (Wildman–Crippen LogP) is 1.77. The summed E-state index contributed by atoms with van der Waals surface area (Å²) in [5.74, 6) is -0.871. The molecular weight excluding hydrogens is 454 g/mol. The minimum Gasteiger partial charge on any atom is -0.465 e. The lowest BCUT2D eigenvalue weighted by molar-refractivity contribution is -0.127. The van der Waals surface area contributed by atoms with E-state index in [-0.39, 0.29) is 29.7 Å². The van der Waals surface area contributed by atoms with Gasteiger partial charge in [-0.15, -0.1) is 11.8 Å². The summed E-state index contributed by atoms with van der Waals surface area (Å²) in [7, 11) is 1.31. The number of carbonyl (C=O) groups excluding carboxylic acids is 3. The molecule has 0 aromatic heterocycles. The summed E-state index contributed by atoms with van der Waals surface area (Å²) in [6.45, 7) is 0.506. The fourth-order valence-corrected chi connectivity index (χ4v) is 4.50. The number of hydrogen-bond acceptors (Lipinski definition) is 8. The molecule has 32 heavy (non-hydrogen) atoms. The van der Waals surface area contributed by atoms with Crippen LogP contribution in [0, 0.1) is 5.92 Å². The molecule has 11 heteroatoms. The van der Waals surface area contributed by atoms with Gasteiger partial charge < -0.3 is 15.4 Å². The third-order valence-corrected chi connectivity index (χ3v) is 6.42. The van der Waals surface area contributed by atoms with E-state index in [2.05, 4.69) is 26.1 Å². The Morgan fingerprint density at radius 2 is 1.91 bits per heavy atom. The van der Waals surface area contributed by atoms with E-state index in [0.717, 1.165) is 5.69 Å². The minimum atomic E-state index is -0.440. The molecule has 3 unspecified atom stereocenters. The first-order valence-electron chi connectivity index (χ1n) is 9.89. The number of nitrogens with zero attached hydrogens (tertiary/aromatic N) is 1. The van der Waals surface area contributed by atoms with Crippen LogP contribution in [-0.2, 0) is 14.3 Å². The van der Waals surface area contributed by atoms with E-state index in [4.69, 9.17) is 11.6 Å². The van der Waals surface area contributed by atoms with Gasteiger partial charge in [0.05, 0.1) is 30.0 Å². The Balaban J connectivity index is 1.32. The molecule has 0 aliphatic carbocycles. The third-order valence-electron chi connectivity index (χ3n) is 5.15. The highest BCUT2D eigenvalue weighted by atomic mass is 35.5. The van der Waals surface area contributed by atoms with E-state index in [1.54, 1.807) is 36.4 Å². The summed E-state index contributed by atoms with van der Waals surface area (Å²) in [5.41, 5.74) is 4.68. The molecule has 9 nitrogen and oxygen atoms in total. The van der Waals surface area contributed by atoms with Crippen LogP contribution >= 0.6 is 23.4 Å². The maximum Gasteiger partial charge on any atom is 0.337 e. The first kappa shape index (κ1) is 22.4. The van der Waals surface area contributed by atoms with Gasteiger partial charge in [0.1, 0.15) is 11.7 Å². The second kappa shape index (κ2) is 9.78. The van der Waals surface area contributed by atoms with E-state index in [0.29, 0.717) is 22.8 Å². The van der Waals surface area contributed by atoms with E-state index >= 15 is 0 Å². The summed E-state index contributed by atoms with van der Waals surface area (Å²) in [6, 6.07) is 13.8. The SMILES string of the molecule is COC(=O)c1ccc(NC(=O)CSC2NC(=O)C3CNN(c4ccc(Cl)cc4)C3N2)cc1. The number of fused-ring (bicyclic) bond motifs is 1. The number of halogens is 1. The summed E-state index contributed by atoms with van der Waals surface area (Å²) < 4.78 is 4.66. The molecule has 0 radical (unpaired) electrons. The first-order chi connectivity index (χ1) is 15.4. The molecule has 0 spiro atoms. The quantitative estimate of drug-likeness (QED) is 0.468. The van der Waals surface area contributed by atoms with Gasteiger partial charge in [-0.3, -0.25) is 19.9 Å². The van der Waals surface area contributed by atoms with Crippen LogP contribution in [0.3, 0.4) is 0 Å². The second-order valence-corrected chi connectivity index (χ2v) is 8.77. The number of anilines is 2. The largest absolute Gasteiger partial charge is 0.465 e. The Hall–Kier alpha value is -2.79. The molecule has 2 aromatic carbocycles. The van der Waals surface area contributed by atoms with Gasteiger partial charge in [0.15, 0.2) is 0 Å². The standard InChI is InChI=1S/C21H22ClN5O4S/c1-31-20(30)12-2-6-14(7-3-12)24-17(28)11-32-21-25-18-16(19(29)26-21)10-23-27(18)15-8-4-13(22)5-9-15/h2-9,16,18,21,23,25H,10-11H2,1H3,(H,24,28)(H,26,29). The molecule has 0 bridgehead atoms. The zero-order valence-corrected chi connectivity index (χ0v) is 18.7. The fourth-order valence-electron chi connectivity index (χ4n) is 3.55. The third kappa shape index (κ3) is 4.99. The van der Waals surface area contributed by atoms with Crippen molar-refractivity contribution in [3.63, 3.8) is 0 Å². The number of methoxy groups -OCH3 is 1. The lowest BCUT2D eigenvalue weighted by Gasteiger charge is -2.37. The van der Waals surface area contributed by atoms with Gasteiger partial charge >= 0.3 is 5.97 Å². The number of rotatable bonds is 6. The van der Waals surface area contributed by atoms with Gasteiger partial charge in [0, 0.05) is 17.3 Å². The number of hydrogen-bond donors (Lipinski definition) is 4. The number of carbonyl (C=O) groups is 3. The van der Waals surface area contributed by atoms with E-state index in [1.807, 2.05) is 17.1 Å². The van der Waals surface area contributed by atoms with Gasteiger partial charge in [0.25, 0.3) is 0 Å². The van der Waals surface area contributed by atoms with Crippen molar-refractivity contribution in [2.45, 2.75) is 11.7 Å². The average molecular weight is 476 g/mol. The highest BCUT2D eigenvalue weighted by molar-refractivity contribution is 8.00. The molecule has 168 valence electrons. The van der Waals surface area contributed by atoms with Crippen molar-refractivity contribution in [3.05, 3.63) is 59.1 Å². The van der Waals surface area contributed by atoms with Gasteiger partial charge in [-0.1, -0.05) is 11.6 Å². The van der Waals surface area contributed by atoms with Crippen molar-refractivity contribution >= 4 is 52.5 Å². The van der Waals surface area contributed by atoms with Crippen molar-refractivity contribution in [3.8, 4) is 0 Å². The molecule has 2 aliphatic rings. The topological polar surface area (TPSA) is 112 Å². The Bertz CT molecular complexity index is 1000. The number of esters is 1. The van der Waals surface area contributed by atoms with Crippen molar-refractivity contribution in [1.29, 1.82) is 0 Å². The molecule has 2 fully saturated rings. The van der Waals surface area contributed by atoms with Crippen LogP contribution in [0.2, 0.25) is 5.02 Å². The number of ether oxygens (including phenoxy) is 1. The van der Waals surface area contributed by atoms with Crippen LogP contribution < -0.4 is 26.4 Å². The predicted molar refractivity (Wildman–Crippen MR) is 123 cm³/mol.